The highest BCUT2D eigenvalue weighted by atomic mass is 32.1. The summed E-state index contributed by atoms with van der Waals surface area (Å²) >= 11 is 1.35. The van der Waals surface area contributed by atoms with E-state index in [0.29, 0.717) is 21.8 Å². The van der Waals surface area contributed by atoms with Crippen LogP contribution in [0.15, 0.2) is 48.5 Å². The van der Waals surface area contributed by atoms with Crippen molar-refractivity contribution >= 4 is 34.2 Å². The molecule has 7 nitrogen and oxygen atoms in total. The first-order valence-corrected chi connectivity index (χ1v) is 9.94. The van der Waals surface area contributed by atoms with Gasteiger partial charge in [-0.15, -0.1) is 10.2 Å². The summed E-state index contributed by atoms with van der Waals surface area (Å²) in [4.78, 5) is 38.6. The van der Waals surface area contributed by atoms with E-state index in [2.05, 4.69) is 15.5 Å². The molecule has 0 unspecified atom stereocenters. The van der Waals surface area contributed by atoms with Gasteiger partial charge in [-0.1, -0.05) is 49.4 Å². The van der Waals surface area contributed by atoms with Crippen LogP contribution in [0.25, 0.3) is 0 Å². The number of carbonyl (C=O) groups excluding carboxylic acids is 3. The number of nitrogens with one attached hydrogen (secondary N) is 1. The van der Waals surface area contributed by atoms with Crippen LogP contribution in [0.2, 0.25) is 0 Å². The molecular formula is C21H18N4O3S. The van der Waals surface area contributed by atoms with Crippen LogP contribution in [-0.4, -0.2) is 32.8 Å². The summed E-state index contributed by atoms with van der Waals surface area (Å²) in [5, 5.41) is 12.1. The first-order chi connectivity index (χ1) is 13.9. The Hall–Kier alpha value is -3.39. The van der Waals surface area contributed by atoms with Crippen molar-refractivity contribution in [3.8, 4) is 0 Å². The smallest absolute Gasteiger partial charge is 0.261 e. The third-order valence-electron chi connectivity index (χ3n) is 4.59. The Bertz CT molecular complexity index is 1070. The van der Waals surface area contributed by atoms with E-state index >= 15 is 0 Å². The summed E-state index contributed by atoms with van der Waals surface area (Å²) in [6.07, 6.45) is 0. The molecule has 1 aliphatic heterocycles. The maximum Gasteiger partial charge on any atom is 0.261 e. The molecule has 3 amide bonds. The Labute approximate surface area is 171 Å². The van der Waals surface area contributed by atoms with E-state index in [0.717, 1.165) is 10.6 Å². The van der Waals surface area contributed by atoms with Crippen LogP contribution in [-0.2, 0) is 6.54 Å². The van der Waals surface area contributed by atoms with Crippen LogP contribution in [0.1, 0.15) is 61.4 Å². The van der Waals surface area contributed by atoms with Gasteiger partial charge in [0, 0.05) is 11.5 Å². The van der Waals surface area contributed by atoms with Gasteiger partial charge in [-0.3, -0.25) is 24.6 Å². The second-order valence-electron chi connectivity index (χ2n) is 6.99. The fraction of sp³-hybridized carbons (Fsp3) is 0.190. The van der Waals surface area contributed by atoms with Crippen molar-refractivity contribution in [1.82, 2.24) is 15.1 Å². The number of aromatic nitrogens is 2. The molecule has 4 rings (SSSR count). The van der Waals surface area contributed by atoms with Crippen LogP contribution >= 0.6 is 11.3 Å². The molecule has 0 saturated heterocycles. The average Bonchev–Trinajstić information content (AvgIpc) is 3.28. The molecule has 2 aromatic carbocycles. The minimum atomic E-state index is -0.301. The molecule has 0 radical (unpaired) electrons. The highest BCUT2D eigenvalue weighted by molar-refractivity contribution is 7.15. The number of fused-ring (bicyclic) bond motifs is 1. The van der Waals surface area contributed by atoms with Crippen molar-refractivity contribution in [2.24, 2.45) is 0 Å². The number of benzene rings is 2. The standard InChI is InChI=1S/C21H18N4O3S/c1-12(2)18-23-24-21(29-18)22-17(26)14-9-7-13(8-10-14)11-25-19(27)15-5-3-4-6-16(15)20(25)28/h3-10,12H,11H2,1-2H3,(H,22,24,26). The van der Waals surface area contributed by atoms with Gasteiger partial charge < -0.3 is 0 Å². The second-order valence-corrected chi connectivity index (χ2v) is 8.00. The van der Waals surface area contributed by atoms with Gasteiger partial charge in [-0.25, -0.2) is 0 Å². The summed E-state index contributed by atoms with van der Waals surface area (Å²) in [6, 6.07) is 13.6. The van der Waals surface area contributed by atoms with Crippen molar-refractivity contribution < 1.29 is 14.4 Å². The molecule has 0 atom stereocenters. The van der Waals surface area contributed by atoms with Crippen LogP contribution in [0.4, 0.5) is 5.13 Å². The van der Waals surface area contributed by atoms with Gasteiger partial charge in [0.1, 0.15) is 5.01 Å². The highest BCUT2D eigenvalue weighted by Crippen LogP contribution is 2.25. The van der Waals surface area contributed by atoms with E-state index in [1.807, 2.05) is 13.8 Å². The molecule has 1 aliphatic rings. The van der Waals surface area contributed by atoms with Gasteiger partial charge in [0.15, 0.2) is 0 Å². The van der Waals surface area contributed by atoms with Crippen molar-refractivity contribution in [3.63, 3.8) is 0 Å². The third kappa shape index (κ3) is 3.66. The molecule has 3 aromatic rings. The van der Waals surface area contributed by atoms with Gasteiger partial charge in [0.05, 0.1) is 17.7 Å². The zero-order valence-corrected chi connectivity index (χ0v) is 16.7. The van der Waals surface area contributed by atoms with Crippen molar-refractivity contribution in [2.75, 3.05) is 5.32 Å². The molecule has 0 aliphatic carbocycles. The first kappa shape index (κ1) is 18.9. The maximum absolute atomic E-state index is 12.5. The van der Waals surface area contributed by atoms with Crippen LogP contribution in [0, 0.1) is 0 Å². The van der Waals surface area contributed by atoms with E-state index in [4.69, 9.17) is 0 Å². The van der Waals surface area contributed by atoms with Crippen molar-refractivity contribution in [3.05, 3.63) is 75.8 Å². The molecule has 0 spiro atoms. The summed E-state index contributed by atoms with van der Waals surface area (Å²) < 4.78 is 0. The third-order valence-corrected chi connectivity index (χ3v) is 5.73. The topological polar surface area (TPSA) is 92.3 Å². The predicted molar refractivity (Wildman–Crippen MR) is 109 cm³/mol. The fourth-order valence-electron chi connectivity index (χ4n) is 3.01. The molecule has 1 aromatic heterocycles. The first-order valence-electron chi connectivity index (χ1n) is 9.13. The summed E-state index contributed by atoms with van der Waals surface area (Å²) in [5.41, 5.74) is 2.06. The number of anilines is 1. The lowest BCUT2D eigenvalue weighted by Crippen LogP contribution is -2.29. The number of nitrogens with zero attached hydrogens (tertiary/aromatic N) is 3. The second kappa shape index (κ2) is 7.56. The van der Waals surface area contributed by atoms with Crippen LogP contribution in [0.3, 0.4) is 0 Å². The minimum absolute atomic E-state index is 0.155. The SMILES string of the molecule is CC(C)c1nnc(NC(=O)c2ccc(CN3C(=O)c4ccccc4C3=O)cc2)s1. The van der Waals surface area contributed by atoms with E-state index in [9.17, 15) is 14.4 Å². The molecule has 0 bridgehead atoms. The minimum Gasteiger partial charge on any atom is -0.296 e. The molecule has 8 heteroatoms. The number of carbonyl (C=O) groups is 3. The Morgan fingerprint density at radius 3 is 2.17 bits per heavy atom. The Kier molecular flexibility index (Phi) is 4.94. The van der Waals surface area contributed by atoms with E-state index in [1.165, 1.54) is 16.2 Å². The summed E-state index contributed by atoms with van der Waals surface area (Å²) in [7, 11) is 0. The van der Waals surface area contributed by atoms with Crippen molar-refractivity contribution in [1.29, 1.82) is 0 Å². The van der Waals surface area contributed by atoms with E-state index < -0.39 is 0 Å². The molecule has 29 heavy (non-hydrogen) atoms. The van der Waals surface area contributed by atoms with Gasteiger partial charge in [0.25, 0.3) is 17.7 Å². The van der Waals surface area contributed by atoms with Gasteiger partial charge >= 0.3 is 0 Å². The molecule has 146 valence electrons. The number of imide groups is 1. The molecule has 0 fully saturated rings. The normalized spacial score (nSPS) is 13.1. The van der Waals surface area contributed by atoms with Crippen molar-refractivity contribution in [2.45, 2.75) is 26.3 Å². The summed E-state index contributed by atoms with van der Waals surface area (Å²) in [5.74, 6) is -0.641. The Morgan fingerprint density at radius 1 is 1.00 bits per heavy atom. The average molecular weight is 406 g/mol. The van der Waals surface area contributed by atoms with Gasteiger partial charge in [0.2, 0.25) is 5.13 Å². The van der Waals surface area contributed by atoms with Gasteiger partial charge in [-0.2, -0.15) is 0 Å². The summed E-state index contributed by atoms with van der Waals surface area (Å²) in [6.45, 7) is 4.18. The fourth-order valence-corrected chi connectivity index (χ4v) is 3.76. The number of amides is 3. The van der Waals surface area contributed by atoms with Crippen LogP contribution < -0.4 is 5.32 Å². The Morgan fingerprint density at radius 2 is 1.62 bits per heavy atom. The zero-order chi connectivity index (χ0) is 20.5. The maximum atomic E-state index is 12.5. The van der Waals surface area contributed by atoms with Crippen LogP contribution in [0.5, 0.6) is 0 Å². The number of hydrogen-bond acceptors (Lipinski definition) is 6. The zero-order valence-electron chi connectivity index (χ0n) is 15.9. The Balaban J connectivity index is 1.43. The lowest BCUT2D eigenvalue weighted by molar-refractivity contribution is 0.0642. The van der Waals surface area contributed by atoms with Gasteiger partial charge in [-0.05, 0) is 29.8 Å². The predicted octanol–water partition coefficient (Wildman–Crippen LogP) is 3.71. The van der Waals surface area contributed by atoms with E-state index in [1.54, 1.807) is 48.5 Å². The molecule has 1 N–H and O–H groups in total. The quantitative estimate of drug-likeness (QED) is 0.652. The lowest BCUT2D eigenvalue weighted by Gasteiger charge is -2.14. The lowest BCUT2D eigenvalue weighted by atomic mass is 10.1. The molecule has 2 heterocycles. The molecular weight excluding hydrogens is 388 g/mol. The number of rotatable bonds is 5. The monoisotopic (exact) mass is 406 g/mol. The largest absolute Gasteiger partial charge is 0.296 e. The number of hydrogen-bond donors (Lipinski definition) is 1. The molecule has 0 saturated carbocycles. The van der Waals surface area contributed by atoms with E-state index in [-0.39, 0.29) is 30.2 Å². The highest BCUT2D eigenvalue weighted by Gasteiger charge is 2.34.